The zero-order chi connectivity index (χ0) is 17.4. The van der Waals surface area contributed by atoms with E-state index >= 15 is 0 Å². The quantitative estimate of drug-likeness (QED) is 0.746. The van der Waals surface area contributed by atoms with Crippen LogP contribution >= 0.6 is 0 Å². The molecule has 1 saturated carbocycles. The molecule has 1 N–H and O–H groups in total. The molecule has 6 nitrogen and oxygen atoms in total. The van der Waals surface area contributed by atoms with E-state index in [1.54, 1.807) is 0 Å². The molecule has 1 aliphatic rings. The minimum atomic E-state index is 0.487. The standard InChI is InChI=1S/C19H28N6/c1-4-14-9-13(12-24(5-2)6-3)10-15(14)19-23-22-17-11-21-18-16(25(17)19)7-8-20-18/h7-8,11,13-15,20H,4-6,9-10,12H2,1-3H3. The highest BCUT2D eigenvalue weighted by Crippen LogP contribution is 2.44. The molecule has 0 radical (unpaired) electrons. The van der Waals surface area contributed by atoms with Crippen LogP contribution in [0.5, 0.6) is 0 Å². The van der Waals surface area contributed by atoms with E-state index in [-0.39, 0.29) is 0 Å². The molecule has 1 fully saturated rings. The maximum absolute atomic E-state index is 4.60. The number of hydrogen-bond donors (Lipinski definition) is 1. The minimum absolute atomic E-state index is 0.487. The molecule has 1 aliphatic carbocycles. The van der Waals surface area contributed by atoms with E-state index in [4.69, 9.17) is 0 Å². The normalized spacial score (nSPS) is 24.1. The van der Waals surface area contributed by atoms with Gasteiger partial charge in [0, 0.05) is 18.7 Å². The van der Waals surface area contributed by atoms with Crippen molar-refractivity contribution in [1.82, 2.24) is 29.5 Å². The first-order valence-electron chi connectivity index (χ1n) is 9.64. The molecule has 4 rings (SSSR count). The zero-order valence-electron chi connectivity index (χ0n) is 15.4. The molecule has 6 heteroatoms. The first-order valence-corrected chi connectivity index (χ1v) is 9.64. The molecule has 0 saturated heterocycles. The zero-order valence-corrected chi connectivity index (χ0v) is 15.4. The Hall–Kier alpha value is -1.95. The van der Waals surface area contributed by atoms with E-state index in [0.717, 1.165) is 41.6 Å². The van der Waals surface area contributed by atoms with Crippen molar-refractivity contribution in [3.63, 3.8) is 0 Å². The monoisotopic (exact) mass is 340 g/mol. The minimum Gasteiger partial charge on any atom is -0.345 e. The molecule has 0 bridgehead atoms. The van der Waals surface area contributed by atoms with Gasteiger partial charge in [-0.1, -0.05) is 27.2 Å². The number of hydrogen-bond acceptors (Lipinski definition) is 4. The third-order valence-electron chi connectivity index (χ3n) is 6.03. The van der Waals surface area contributed by atoms with Crippen LogP contribution in [0.2, 0.25) is 0 Å². The predicted molar refractivity (Wildman–Crippen MR) is 99.7 cm³/mol. The largest absolute Gasteiger partial charge is 0.345 e. The van der Waals surface area contributed by atoms with E-state index in [1.807, 2.05) is 12.4 Å². The van der Waals surface area contributed by atoms with Gasteiger partial charge in [0.05, 0.1) is 11.7 Å². The summed E-state index contributed by atoms with van der Waals surface area (Å²) in [5, 5.41) is 9.01. The van der Waals surface area contributed by atoms with E-state index in [0.29, 0.717) is 11.8 Å². The second-order valence-corrected chi connectivity index (χ2v) is 7.32. The fourth-order valence-corrected chi connectivity index (χ4v) is 4.64. The third-order valence-corrected chi connectivity index (χ3v) is 6.03. The molecule has 0 amide bonds. The van der Waals surface area contributed by atoms with Crippen LogP contribution in [0.25, 0.3) is 16.8 Å². The highest BCUT2D eigenvalue weighted by molar-refractivity contribution is 5.74. The van der Waals surface area contributed by atoms with Gasteiger partial charge in [-0.25, -0.2) is 4.98 Å². The number of nitrogens with zero attached hydrogens (tertiary/aromatic N) is 5. The number of rotatable bonds is 6. The lowest BCUT2D eigenvalue weighted by Gasteiger charge is -2.22. The average Bonchev–Trinajstić information content (AvgIpc) is 3.35. The Morgan fingerprint density at radius 1 is 1.20 bits per heavy atom. The van der Waals surface area contributed by atoms with Crippen LogP contribution in [0.15, 0.2) is 18.5 Å². The molecule has 3 aromatic heterocycles. The predicted octanol–water partition coefficient (Wildman–Crippen LogP) is 3.47. The summed E-state index contributed by atoms with van der Waals surface area (Å²) in [6.45, 7) is 10.3. The van der Waals surface area contributed by atoms with E-state index in [1.165, 1.54) is 25.8 Å². The van der Waals surface area contributed by atoms with Gasteiger partial charge >= 0.3 is 0 Å². The van der Waals surface area contributed by atoms with Crippen molar-refractivity contribution in [3.8, 4) is 0 Å². The molecule has 0 aliphatic heterocycles. The first kappa shape index (κ1) is 16.5. The second-order valence-electron chi connectivity index (χ2n) is 7.32. The molecule has 3 unspecified atom stereocenters. The highest BCUT2D eigenvalue weighted by Gasteiger charge is 2.37. The van der Waals surface area contributed by atoms with E-state index in [9.17, 15) is 0 Å². The number of aromatic amines is 1. The average molecular weight is 340 g/mol. The van der Waals surface area contributed by atoms with Crippen LogP contribution < -0.4 is 0 Å². The summed E-state index contributed by atoms with van der Waals surface area (Å²) < 4.78 is 2.21. The summed E-state index contributed by atoms with van der Waals surface area (Å²) in [6.07, 6.45) is 7.47. The lowest BCUT2D eigenvalue weighted by Crippen LogP contribution is -2.28. The molecule has 3 heterocycles. The Labute approximate surface area is 148 Å². The van der Waals surface area contributed by atoms with Crippen molar-refractivity contribution in [3.05, 3.63) is 24.3 Å². The highest BCUT2D eigenvalue weighted by atomic mass is 15.3. The molecule has 3 aromatic rings. The molecular weight excluding hydrogens is 312 g/mol. The van der Waals surface area contributed by atoms with Crippen molar-refractivity contribution < 1.29 is 0 Å². The first-order chi connectivity index (χ1) is 12.2. The Morgan fingerprint density at radius 3 is 2.80 bits per heavy atom. The molecule has 25 heavy (non-hydrogen) atoms. The van der Waals surface area contributed by atoms with Gasteiger partial charge in [0.15, 0.2) is 11.3 Å². The van der Waals surface area contributed by atoms with Gasteiger partial charge in [-0.05, 0) is 43.8 Å². The molecule has 3 atom stereocenters. The Bertz CT molecular complexity index is 846. The van der Waals surface area contributed by atoms with Crippen molar-refractivity contribution in [2.75, 3.05) is 19.6 Å². The van der Waals surface area contributed by atoms with Crippen molar-refractivity contribution in [1.29, 1.82) is 0 Å². The topological polar surface area (TPSA) is 62.1 Å². The fraction of sp³-hybridized carbons (Fsp3) is 0.632. The maximum atomic E-state index is 4.60. The van der Waals surface area contributed by atoms with Gasteiger partial charge in [-0.15, -0.1) is 10.2 Å². The lowest BCUT2D eigenvalue weighted by atomic mass is 9.93. The third kappa shape index (κ3) is 2.82. The van der Waals surface area contributed by atoms with Crippen molar-refractivity contribution in [2.24, 2.45) is 11.8 Å². The van der Waals surface area contributed by atoms with Crippen LogP contribution in [-0.4, -0.2) is 49.1 Å². The van der Waals surface area contributed by atoms with Crippen LogP contribution in [0.3, 0.4) is 0 Å². The maximum Gasteiger partial charge on any atom is 0.179 e. The Morgan fingerprint density at radius 2 is 2.04 bits per heavy atom. The Balaban J connectivity index is 1.68. The summed E-state index contributed by atoms with van der Waals surface area (Å²) >= 11 is 0. The number of H-pyrrole nitrogens is 1. The van der Waals surface area contributed by atoms with Gasteiger partial charge in [-0.3, -0.25) is 4.40 Å². The summed E-state index contributed by atoms with van der Waals surface area (Å²) in [4.78, 5) is 10.2. The van der Waals surface area contributed by atoms with Crippen LogP contribution in [0.1, 0.15) is 51.8 Å². The lowest BCUT2D eigenvalue weighted by molar-refractivity contribution is 0.250. The number of aromatic nitrogens is 5. The van der Waals surface area contributed by atoms with Gasteiger partial charge in [-0.2, -0.15) is 0 Å². The van der Waals surface area contributed by atoms with Crippen LogP contribution in [0, 0.1) is 11.8 Å². The second kappa shape index (κ2) is 6.75. The van der Waals surface area contributed by atoms with Crippen LogP contribution in [0.4, 0.5) is 0 Å². The number of nitrogens with one attached hydrogen (secondary N) is 1. The summed E-state index contributed by atoms with van der Waals surface area (Å²) in [5.41, 5.74) is 2.84. The van der Waals surface area contributed by atoms with Crippen LogP contribution in [-0.2, 0) is 0 Å². The fourth-order valence-electron chi connectivity index (χ4n) is 4.64. The van der Waals surface area contributed by atoms with E-state index in [2.05, 4.69) is 56.3 Å². The van der Waals surface area contributed by atoms with Gasteiger partial charge in [0.25, 0.3) is 0 Å². The van der Waals surface area contributed by atoms with Gasteiger partial charge < -0.3 is 9.88 Å². The van der Waals surface area contributed by atoms with E-state index < -0.39 is 0 Å². The SMILES string of the molecule is CCC1CC(CN(CC)CC)CC1c1nnc2cnc3[nH]ccc3n12. The molecule has 0 aromatic carbocycles. The summed E-state index contributed by atoms with van der Waals surface area (Å²) in [5.74, 6) is 3.05. The summed E-state index contributed by atoms with van der Waals surface area (Å²) in [6, 6.07) is 2.07. The smallest absolute Gasteiger partial charge is 0.179 e. The number of fused-ring (bicyclic) bond motifs is 3. The van der Waals surface area contributed by atoms with Gasteiger partial charge in [0.2, 0.25) is 0 Å². The molecule has 0 spiro atoms. The van der Waals surface area contributed by atoms with Gasteiger partial charge in [0.1, 0.15) is 5.82 Å². The van der Waals surface area contributed by atoms with Crippen molar-refractivity contribution in [2.45, 2.75) is 46.0 Å². The molecular formula is C19H28N6. The summed E-state index contributed by atoms with van der Waals surface area (Å²) in [7, 11) is 0. The molecule has 134 valence electrons. The van der Waals surface area contributed by atoms with Crippen molar-refractivity contribution >= 4 is 16.8 Å². The Kier molecular flexibility index (Phi) is 4.46.